The van der Waals surface area contributed by atoms with E-state index in [2.05, 4.69) is 20.3 Å². The number of aryl methyl sites for hydroxylation is 1. The van der Waals surface area contributed by atoms with Crippen LogP contribution in [0.1, 0.15) is 75.8 Å². The molecule has 2 saturated carbocycles. The van der Waals surface area contributed by atoms with E-state index >= 15 is 0 Å². The summed E-state index contributed by atoms with van der Waals surface area (Å²) in [5, 5.41) is 6.89. The summed E-state index contributed by atoms with van der Waals surface area (Å²) in [7, 11) is -3.92. The molecule has 3 heterocycles. The minimum Gasteiger partial charge on any atom is -0.465 e. The molecule has 1 aromatic heterocycles. The van der Waals surface area contributed by atoms with Crippen molar-refractivity contribution in [3.05, 3.63) is 71.8 Å². The first-order valence-electron chi connectivity index (χ1n) is 17.6. The van der Waals surface area contributed by atoms with Crippen LogP contribution in [0.4, 0.5) is 0 Å². The van der Waals surface area contributed by atoms with Gasteiger partial charge in [0.15, 0.2) is 0 Å². The van der Waals surface area contributed by atoms with E-state index in [0.29, 0.717) is 31.0 Å². The second kappa shape index (κ2) is 13.7. The summed E-state index contributed by atoms with van der Waals surface area (Å²) in [5.41, 5.74) is 1.56. The van der Waals surface area contributed by atoms with Crippen molar-refractivity contribution < 1.29 is 27.5 Å². The van der Waals surface area contributed by atoms with E-state index in [0.717, 1.165) is 47.0 Å². The molecule has 7 rings (SSSR count). The molecule has 13 heteroatoms. The van der Waals surface area contributed by atoms with E-state index in [1.165, 1.54) is 11.3 Å². The van der Waals surface area contributed by atoms with Gasteiger partial charge in [0, 0.05) is 18.9 Å². The molecule has 50 heavy (non-hydrogen) atoms. The quantitative estimate of drug-likeness (QED) is 0.289. The fourth-order valence-electron chi connectivity index (χ4n) is 7.04. The molecule has 3 N–H and O–H groups in total. The van der Waals surface area contributed by atoms with Crippen LogP contribution < -0.4 is 20.1 Å². The molecule has 2 aromatic carbocycles. The molecule has 0 unspecified atom stereocenters. The maximum absolute atomic E-state index is 14.5. The van der Waals surface area contributed by atoms with Gasteiger partial charge >= 0.3 is 0 Å². The second-order valence-corrected chi connectivity index (χ2v) is 17.8. The Morgan fingerprint density at radius 1 is 1.12 bits per heavy atom. The summed E-state index contributed by atoms with van der Waals surface area (Å²) in [4.78, 5) is 48.8. The molecule has 5 atom stereocenters. The number of rotatable bonds is 8. The number of ether oxygens (including phenoxy) is 1. The summed E-state index contributed by atoms with van der Waals surface area (Å²) >= 11 is 1.42. The third-order valence-electron chi connectivity index (χ3n) is 10.7. The lowest BCUT2D eigenvalue weighted by Crippen LogP contribution is -2.58. The molecule has 0 bridgehead atoms. The van der Waals surface area contributed by atoms with E-state index < -0.39 is 50.3 Å². The molecule has 1 saturated heterocycles. The van der Waals surface area contributed by atoms with Gasteiger partial charge in [0.1, 0.15) is 17.7 Å². The van der Waals surface area contributed by atoms with Crippen LogP contribution in [0.5, 0.6) is 5.19 Å². The number of amides is 3. The van der Waals surface area contributed by atoms with E-state index in [4.69, 9.17) is 4.74 Å². The zero-order valence-electron chi connectivity index (χ0n) is 28.5. The van der Waals surface area contributed by atoms with Crippen molar-refractivity contribution in [1.82, 2.24) is 25.2 Å². The molecular formula is C37H45N5O6S2. The number of hydrogen-bond acceptors (Lipinski definition) is 9. The smallest absolute Gasteiger partial charge is 0.274 e. The molecule has 3 amide bonds. The van der Waals surface area contributed by atoms with Gasteiger partial charge in [-0.1, -0.05) is 72.7 Å². The molecule has 0 radical (unpaired) electrons. The van der Waals surface area contributed by atoms with Crippen LogP contribution in [-0.2, 0) is 31.0 Å². The Bertz CT molecular complexity index is 1910. The van der Waals surface area contributed by atoms with Gasteiger partial charge in [-0.05, 0) is 75.6 Å². The largest absolute Gasteiger partial charge is 0.465 e. The summed E-state index contributed by atoms with van der Waals surface area (Å²) in [6, 6.07) is 14.4. The van der Waals surface area contributed by atoms with Gasteiger partial charge in [-0.25, -0.2) is 13.4 Å². The van der Waals surface area contributed by atoms with E-state index in [1.807, 2.05) is 67.6 Å². The number of hydrogen-bond donors (Lipinski definition) is 3. The van der Waals surface area contributed by atoms with Crippen LogP contribution in [-0.4, -0.2) is 71.0 Å². The maximum atomic E-state index is 14.5. The number of carbonyl (C=O) groups excluding carboxylic acids is 3. The summed E-state index contributed by atoms with van der Waals surface area (Å²) in [6.07, 6.45) is 8.90. The van der Waals surface area contributed by atoms with Gasteiger partial charge in [0.05, 0.1) is 27.6 Å². The lowest BCUT2D eigenvalue weighted by molar-refractivity contribution is -0.141. The first kappa shape index (κ1) is 34.6. The average Bonchev–Trinajstić information content (AvgIpc) is 3.90. The van der Waals surface area contributed by atoms with E-state index in [9.17, 15) is 22.8 Å². The molecule has 4 aliphatic rings. The van der Waals surface area contributed by atoms with Gasteiger partial charge in [-0.3, -0.25) is 19.1 Å². The summed E-state index contributed by atoms with van der Waals surface area (Å²) in [5.74, 6) is -1.78. The number of carbonyl (C=O) groups is 3. The van der Waals surface area contributed by atoms with Crippen LogP contribution >= 0.6 is 11.3 Å². The number of nitrogens with zero attached hydrogens (tertiary/aromatic N) is 2. The Hall–Kier alpha value is -3.81. The highest BCUT2D eigenvalue weighted by molar-refractivity contribution is 7.91. The van der Waals surface area contributed by atoms with Crippen LogP contribution in [0.15, 0.2) is 60.7 Å². The lowest BCUT2D eigenvalue weighted by atomic mass is 10.0. The second-order valence-electron chi connectivity index (χ2n) is 14.6. The Labute approximate surface area is 297 Å². The molecule has 2 aliphatic carbocycles. The number of benzene rings is 2. The Kier molecular flexibility index (Phi) is 9.50. The number of aromatic nitrogens is 1. The molecule has 3 aromatic rings. The molecule has 0 spiro atoms. The first-order valence-corrected chi connectivity index (χ1v) is 19.9. The van der Waals surface area contributed by atoms with Gasteiger partial charge < -0.3 is 20.3 Å². The highest BCUT2D eigenvalue weighted by Gasteiger charge is 2.63. The van der Waals surface area contributed by atoms with Crippen molar-refractivity contribution >= 4 is 49.3 Å². The number of sulfonamides is 1. The van der Waals surface area contributed by atoms with Crippen LogP contribution in [0, 0.1) is 12.8 Å². The van der Waals surface area contributed by atoms with Gasteiger partial charge in [-0.2, -0.15) is 0 Å². The Morgan fingerprint density at radius 3 is 2.70 bits per heavy atom. The van der Waals surface area contributed by atoms with Crippen molar-refractivity contribution in [2.24, 2.45) is 5.92 Å². The molecule has 11 nitrogen and oxygen atoms in total. The van der Waals surface area contributed by atoms with E-state index in [-0.39, 0.29) is 31.2 Å². The Balaban J connectivity index is 1.17. The number of allylic oxidation sites excluding steroid dienone is 1. The van der Waals surface area contributed by atoms with Gasteiger partial charge in [-0.15, -0.1) is 0 Å². The summed E-state index contributed by atoms with van der Waals surface area (Å²) in [6.45, 7) is 4.30. The maximum Gasteiger partial charge on any atom is 0.274 e. The van der Waals surface area contributed by atoms with Crippen molar-refractivity contribution in [2.45, 2.75) is 107 Å². The van der Waals surface area contributed by atoms with Crippen LogP contribution in [0.25, 0.3) is 10.2 Å². The molecule has 3 fully saturated rings. The fraction of sp³-hybridized carbons (Fsp3) is 0.514. The van der Waals surface area contributed by atoms with Crippen molar-refractivity contribution in [2.75, 3.05) is 6.54 Å². The van der Waals surface area contributed by atoms with Crippen molar-refractivity contribution in [3.8, 4) is 5.19 Å². The molecular weight excluding hydrogens is 675 g/mol. The molecule has 2 aliphatic heterocycles. The van der Waals surface area contributed by atoms with Crippen molar-refractivity contribution in [1.29, 1.82) is 0 Å². The minimum atomic E-state index is -3.92. The highest BCUT2D eigenvalue weighted by Crippen LogP contribution is 2.47. The average molecular weight is 720 g/mol. The van der Waals surface area contributed by atoms with Crippen LogP contribution in [0.3, 0.4) is 0 Å². The molecule has 266 valence electrons. The number of fused-ring (bicyclic) bond motifs is 3. The topological polar surface area (TPSA) is 147 Å². The minimum absolute atomic E-state index is 0.171. The standard InChI is InChI=1S/C37H45N5O6S2/c1-24-15-16-28-31(19-24)49-35(39-28)48-27-20-30-32(43)40-37(34(45)41-50(46,47)36(2)17-18-36)21-26(37)13-9-4-3-5-10-14-29(33(44)42(30)23-27)38-22-25-11-7-6-8-12-25/h6-9,11-13,15-16,19,26-27,29-30,38H,3-5,10,14,17-18,20-23H2,1-2H3,(H,40,43)(H,41,45)/b13-9-/t26-,27+,29-,30-,37+/m0/s1. The number of thiazole rings is 1. The lowest BCUT2D eigenvalue weighted by Gasteiger charge is -2.30. The normalized spacial score (nSPS) is 28.8. The third kappa shape index (κ3) is 7.17. The first-order chi connectivity index (χ1) is 24.0. The van der Waals surface area contributed by atoms with Crippen LogP contribution in [0.2, 0.25) is 0 Å². The Morgan fingerprint density at radius 2 is 1.92 bits per heavy atom. The predicted molar refractivity (Wildman–Crippen MR) is 192 cm³/mol. The third-order valence-corrected chi connectivity index (χ3v) is 13.7. The highest BCUT2D eigenvalue weighted by atomic mass is 32.2. The van der Waals surface area contributed by atoms with Gasteiger partial charge in [0.25, 0.3) is 11.1 Å². The monoisotopic (exact) mass is 719 g/mol. The number of nitrogens with one attached hydrogen (secondary N) is 3. The fourth-order valence-corrected chi connectivity index (χ4v) is 9.33. The van der Waals surface area contributed by atoms with E-state index in [1.54, 1.807) is 11.8 Å². The zero-order chi connectivity index (χ0) is 35.1. The SMILES string of the molecule is Cc1ccc2nc(O[C@@H]3C[C@H]4C(=O)N[C@]5(C(=O)NS(=O)(=O)C6(C)CC6)C[C@@H]5/C=C\CCCCC[C@H](NCc5ccccc5)C(=O)N4C3)sc2c1. The van der Waals surface area contributed by atoms with Gasteiger partial charge in [0.2, 0.25) is 21.8 Å². The summed E-state index contributed by atoms with van der Waals surface area (Å²) < 4.78 is 34.9. The van der Waals surface area contributed by atoms with Crippen molar-refractivity contribution in [3.63, 3.8) is 0 Å². The predicted octanol–water partition coefficient (Wildman–Crippen LogP) is 4.51. The zero-order valence-corrected chi connectivity index (χ0v) is 30.2.